The zero-order valence-electron chi connectivity index (χ0n) is 43.9. The first-order valence-corrected chi connectivity index (χ1v) is 24.9. The Morgan fingerprint density at radius 3 is 1.83 bits per heavy atom. The molecule has 0 aliphatic carbocycles. The zero-order valence-corrected chi connectivity index (χ0v) is 46.2. The summed E-state index contributed by atoms with van der Waals surface area (Å²) in [7, 11) is 0. The maximum Gasteiger partial charge on any atom is 0.148 e. The molecule has 6 aromatic carbocycles. The first-order chi connectivity index (χ1) is 32.2. The second-order valence-electron chi connectivity index (χ2n) is 25.4. The summed E-state index contributed by atoms with van der Waals surface area (Å²) < 4.78 is 4.83. The van der Waals surface area contributed by atoms with Crippen LogP contribution >= 0.6 is 0 Å². The molecule has 0 amide bonds. The van der Waals surface area contributed by atoms with E-state index in [1.807, 2.05) is 6.20 Å². The van der Waals surface area contributed by atoms with Gasteiger partial charge >= 0.3 is 0 Å². The third-order valence-corrected chi connectivity index (χ3v) is 14.0. The molecule has 70 heavy (non-hydrogen) atoms. The molecule has 1 N–H and O–H groups in total. The van der Waals surface area contributed by atoms with Crippen molar-refractivity contribution in [3.05, 3.63) is 149 Å². The summed E-state index contributed by atoms with van der Waals surface area (Å²) in [4.78, 5) is 10.8. The van der Waals surface area contributed by atoms with E-state index in [-0.39, 0.29) is 53.9 Å². The fourth-order valence-corrected chi connectivity index (χ4v) is 10.6. The molecule has 0 radical (unpaired) electrons. The molecule has 362 valence electrons. The van der Waals surface area contributed by atoms with Gasteiger partial charge in [0.05, 0.1) is 38.7 Å². The number of phenols is 1. The molecule has 0 saturated carbocycles. The minimum atomic E-state index is -0.321. The van der Waals surface area contributed by atoms with Crippen LogP contribution in [0, 0.1) is 16.9 Å². The van der Waals surface area contributed by atoms with Crippen molar-refractivity contribution in [3.63, 3.8) is 0 Å². The molecule has 0 unspecified atom stereocenters. The van der Waals surface area contributed by atoms with Gasteiger partial charge in [-0.2, -0.15) is 0 Å². The van der Waals surface area contributed by atoms with Crippen LogP contribution < -0.4 is 0 Å². The van der Waals surface area contributed by atoms with E-state index in [2.05, 4.69) is 228 Å². The number of aromatic hydroxyl groups is 1. The largest absolute Gasteiger partial charge is 0.507 e. The van der Waals surface area contributed by atoms with E-state index in [4.69, 9.17) is 9.97 Å². The second-order valence-corrected chi connectivity index (χ2v) is 25.4. The molecule has 0 aliphatic heterocycles. The summed E-state index contributed by atoms with van der Waals surface area (Å²) >= 11 is 0. The van der Waals surface area contributed by atoms with Crippen LogP contribution in [0.5, 0.6) is 5.75 Å². The summed E-state index contributed by atoms with van der Waals surface area (Å²) in [5.41, 5.74) is 18.6. The monoisotopic (exact) mass is 1100 g/mol. The van der Waals surface area contributed by atoms with E-state index < -0.39 is 0 Å². The predicted molar refractivity (Wildman–Crippen MR) is 292 cm³/mol. The van der Waals surface area contributed by atoms with E-state index in [9.17, 15) is 5.11 Å². The van der Waals surface area contributed by atoms with Crippen molar-refractivity contribution < 1.29 is 26.2 Å². The number of benzene rings is 6. The Morgan fingerprint density at radius 2 is 1.17 bits per heavy atom. The third kappa shape index (κ3) is 8.76. The fourth-order valence-electron chi connectivity index (χ4n) is 10.6. The van der Waals surface area contributed by atoms with E-state index in [1.165, 1.54) is 44.1 Å². The number of phenolic OH excluding ortho intramolecular Hbond substituents is 1. The number of nitrogens with zero attached hydrogens (tertiary/aromatic N) is 4. The number of pyridine rings is 1. The van der Waals surface area contributed by atoms with Crippen molar-refractivity contribution >= 4 is 43.9 Å². The van der Waals surface area contributed by atoms with Crippen LogP contribution in [0.15, 0.2) is 115 Å². The Kier molecular flexibility index (Phi) is 11.9. The molecule has 10 aromatic rings. The normalized spacial score (nSPS) is 13.1. The van der Waals surface area contributed by atoms with Gasteiger partial charge in [0, 0.05) is 49.3 Å². The van der Waals surface area contributed by atoms with Crippen LogP contribution in [-0.2, 0) is 50.2 Å². The predicted octanol–water partition coefficient (Wildman–Crippen LogP) is 17.1. The molecule has 0 atom stereocenters. The second kappa shape index (κ2) is 16.9. The van der Waals surface area contributed by atoms with Crippen LogP contribution in [0.4, 0.5) is 0 Å². The Balaban J connectivity index is 0.00000608. The molecule has 4 aromatic heterocycles. The van der Waals surface area contributed by atoms with Crippen LogP contribution in [0.2, 0.25) is 0 Å². The average molecular weight is 1110 g/mol. The molecule has 5 nitrogen and oxygen atoms in total. The van der Waals surface area contributed by atoms with Gasteiger partial charge in [0.25, 0.3) is 0 Å². The minimum Gasteiger partial charge on any atom is -0.507 e. The number of fused-ring (bicyclic) bond motifs is 5. The zero-order chi connectivity index (χ0) is 49.3. The summed E-state index contributed by atoms with van der Waals surface area (Å²) in [6, 6.07) is 44.2. The van der Waals surface area contributed by atoms with Gasteiger partial charge in [-0.1, -0.05) is 182 Å². The summed E-state index contributed by atoms with van der Waals surface area (Å²) in [6.45, 7) is 33.9. The van der Waals surface area contributed by atoms with Gasteiger partial charge in [-0.05, 0) is 98.1 Å². The Bertz CT molecular complexity index is 3630. The van der Waals surface area contributed by atoms with E-state index >= 15 is 0 Å². The Morgan fingerprint density at radius 1 is 0.543 bits per heavy atom. The number of rotatable bonds is 6. The Hall–Kier alpha value is -5.77. The first kappa shape index (κ1) is 49.2. The standard InChI is InChI=1S/C64H69N4O.Pt/c1-60(2,3)36-38-20-22-39(23-21-38)40-28-29-65-50(33-40)43-30-42(31-44(32-43)62(7,8)9)46-25-27-53-57-55(46)66-59(48-34-45(63(10,11)12)35-49(58(48)69)64(13,14)15)68(57)52-26-24-41(37-61(4,5)6)54-47-18-16-17-19-51(47)67(53)56(52)54;/h16-29,31-35,69H,36-37H2,1-15H3;/q-1;. The summed E-state index contributed by atoms with van der Waals surface area (Å²) in [6.07, 6.45) is 3.89. The summed E-state index contributed by atoms with van der Waals surface area (Å²) in [5.74, 6) is 1.000. The molecule has 10 rings (SSSR count). The van der Waals surface area contributed by atoms with Crippen LogP contribution in [-0.4, -0.2) is 23.9 Å². The van der Waals surface area contributed by atoms with Gasteiger partial charge < -0.3 is 9.51 Å². The van der Waals surface area contributed by atoms with Crippen LogP contribution in [0.1, 0.15) is 132 Å². The van der Waals surface area contributed by atoms with Crippen molar-refractivity contribution in [2.24, 2.45) is 10.8 Å². The first-order valence-electron chi connectivity index (χ1n) is 24.9. The van der Waals surface area contributed by atoms with Crippen molar-refractivity contribution in [2.75, 3.05) is 0 Å². The number of hydrogen-bond donors (Lipinski definition) is 1. The van der Waals surface area contributed by atoms with E-state index in [1.54, 1.807) is 0 Å². The average Bonchev–Trinajstić information content (AvgIpc) is 3.83. The topological polar surface area (TPSA) is 54.8 Å². The molecular formula is C64H69N4OPt-. The molecule has 6 heteroatoms. The number of hydrogen-bond acceptors (Lipinski definition) is 3. The summed E-state index contributed by atoms with van der Waals surface area (Å²) in [5, 5.41) is 15.2. The smallest absolute Gasteiger partial charge is 0.148 e. The quantitative estimate of drug-likeness (QED) is 0.133. The van der Waals surface area contributed by atoms with Crippen molar-refractivity contribution in [3.8, 4) is 50.6 Å². The van der Waals surface area contributed by atoms with Crippen LogP contribution in [0.3, 0.4) is 0 Å². The van der Waals surface area contributed by atoms with Crippen molar-refractivity contribution in [2.45, 2.75) is 133 Å². The number of imidazole rings is 1. The fraction of sp³-hybridized carbons (Fsp3) is 0.344. The molecule has 0 fully saturated rings. The van der Waals surface area contributed by atoms with Gasteiger partial charge in [-0.3, -0.25) is 9.38 Å². The van der Waals surface area contributed by atoms with Gasteiger partial charge in [-0.25, -0.2) is 4.98 Å². The maximum absolute atomic E-state index is 12.6. The minimum absolute atomic E-state index is 0. The molecule has 0 aliphatic rings. The van der Waals surface area contributed by atoms with Gasteiger partial charge in [0.2, 0.25) is 0 Å². The molecule has 4 heterocycles. The number of para-hydroxylation sites is 1. The van der Waals surface area contributed by atoms with Crippen molar-refractivity contribution in [1.82, 2.24) is 18.8 Å². The van der Waals surface area contributed by atoms with E-state index in [0.717, 1.165) is 85.4 Å². The van der Waals surface area contributed by atoms with Gasteiger partial charge in [-0.15, -0.1) is 29.3 Å². The third-order valence-electron chi connectivity index (χ3n) is 14.0. The molecule has 0 spiro atoms. The van der Waals surface area contributed by atoms with Gasteiger partial charge in [0.1, 0.15) is 11.6 Å². The molecular weight excluding hydrogens is 1040 g/mol. The SMILES string of the molecule is CC(C)(C)Cc1ccc(-c2ccnc(-c3[c-]c(-c4ccc5c6c4nc(-c4cc(C(C)(C)C)cc(C(C)(C)C)c4O)n6c4ccc(CC(C)(C)C)c6c7ccccc7n5c64)cc(C(C)(C)C)c3)c2)cc1.[Pt]. The number of aromatic nitrogens is 4. The van der Waals surface area contributed by atoms with E-state index in [0.29, 0.717) is 0 Å². The maximum atomic E-state index is 12.6. The van der Waals surface area contributed by atoms with Gasteiger partial charge in [0.15, 0.2) is 0 Å². The Labute approximate surface area is 430 Å². The molecule has 0 saturated heterocycles. The van der Waals surface area contributed by atoms with Crippen LogP contribution in [0.25, 0.3) is 88.8 Å². The van der Waals surface area contributed by atoms with Crippen molar-refractivity contribution in [1.29, 1.82) is 0 Å². The molecule has 0 bridgehead atoms.